The minimum atomic E-state index is -2.13. The Balaban J connectivity index is 3.03. The molecule has 0 aromatic heterocycles. The Morgan fingerprint density at radius 2 is 2.05 bits per heavy atom. The molecule has 1 N–H and O–H groups in total. The molecule has 0 radical (unpaired) electrons. The maximum Gasteiger partial charge on any atom is 0.308 e. The van der Waals surface area contributed by atoms with Gasteiger partial charge in [0.1, 0.15) is 0 Å². The van der Waals surface area contributed by atoms with E-state index in [4.69, 9.17) is 14.8 Å². The third-order valence-corrected chi connectivity index (χ3v) is 9.82. The average molecular weight is 323 g/mol. The van der Waals surface area contributed by atoms with Crippen LogP contribution in [0.3, 0.4) is 0 Å². The van der Waals surface area contributed by atoms with Crippen LogP contribution in [0.25, 0.3) is 0 Å². The molecule has 0 saturated heterocycles. The number of nitrogens with zero attached hydrogens (tertiary/aromatic N) is 1. The van der Waals surface area contributed by atoms with Gasteiger partial charge >= 0.3 is 5.97 Å². The van der Waals surface area contributed by atoms with Crippen molar-refractivity contribution in [1.29, 1.82) is 5.26 Å². The Kier molecular flexibility index (Phi) is 6.82. The molecule has 5 nitrogen and oxygen atoms in total. The van der Waals surface area contributed by atoms with Crippen LogP contribution in [-0.2, 0) is 14.0 Å². The Morgan fingerprint density at radius 3 is 2.55 bits per heavy atom. The van der Waals surface area contributed by atoms with E-state index < -0.39 is 14.3 Å². The molecule has 0 heterocycles. The number of carboxylic acid groups (broad SMARTS) is 1. The lowest BCUT2D eigenvalue weighted by atomic mass is 10.1. The Morgan fingerprint density at radius 1 is 1.41 bits per heavy atom. The SMILES string of the molecule is CC[Si](CC)(OC1=C(CC(=O)O)C(=O)CC1)C(C)CCC#N. The van der Waals surface area contributed by atoms with Gasteiger partial charge in [0.15, 0.2) is 5.78 Å². The number of ketones is 1. The van der Waals surface area contributed by atoms with E-state index in [1.165, 1.54) is 0 Å². The molecule has 1 atom stereocenters. The summed E-state index contributed by atoms with van der Waals surface area (Å²) in [5, 5.41) is 17.8. The lowest BCUT2D eigenvalue weighted by Crippen LogP contribution is -2.41. The molecule has 6 heteroatoms. The second-order valence-electron chi connectivity index (χ2n) is 5.87. The van der Waals surface area contributed by atoms with Crippen LogP contribution in [0.2, 0.25) is 17.6 Å². The third-order valence-electron chi connectivity index (χ3n) is 4.69. The van der Waals surface area contributed by atoms with Gasteiger partial charge in [-0.2, -0.15) is 5.26 Å². The minimum Gasteiger partial charge on any atom is -0.546 e. The first-order valence-electron chi connectivity index (χ1n) is 7.93. The number of carbonyl (C=O) groups excluding carboxylic acids is 1. The third kappa shape index (κ3) is 4.20. The molecule has 1 aliphatic carbocycles. The van der Waals surface area contributed by atoms with Gasteiger partial charge in [0.2, 0.25) is 0 Å². The van der Waals surface area contributed by atoms with Gasteiger partial charge in [0.25, 0.3) is 8.32 Å². The highest BCUT2D eigenvalue weighted by molar-refractivity contribution is 6.75. The first kappa shape index (κ1) is 18.4. The summed E-state index contributed by atoms with van der Waals surface area (Å²) in [6, 6.07) is 3.97. The Hall–Kier alpha value is -1.61. The van der Waals surface area contributed by atoms with E-state index in [9.17, 15) is 9.59 Å². The number of nitriles is 1. The van der Waals surface area contributed by atoms with Crippen molar-refractivity contribution in [3.8, 4) is 6.07 Å². The van der Waals surface area contributed by atoms with Gasteiger partial charge in [0.05, 0.1) is 18.2 Å². The summed E-state index contributed by atoms with van der Waals surface area (Å²) >= 11 is 0. The average Bonchev–Trinajstić information content (AvgIpc) is 2.82. The largest absolute Gasteiger partial charge is 0.546 e. The lowest BCUT2D eigenvalue weighted by molar-refractivity contribution is -0.137. The van der Waals surface area contributed by atoms with E-state index in [-0.39, 0.29) is 12.2 Å². The van der Waals surface area contributed by atoms with Crippen molar-refractivity contribution in [1.82, 2.24) is 0 Å². The van der Waals surface area contributed by atoms with Gasteiger partial charge < -0.3 is 9.53 Å². The lowest BCUT2D eigenvalue weighted by Gasteiger charge is -2.36. The highest BCUT2D eigenvalue weighted by Gasteiger charge is 2.41. The van der Waals surface area contributed by atoms with Crippen LogP contribution in [-0.4, -0.2) is 25.2 Å². The highest BCUT2D eigenvalue weighted by atomic mass is 28.4. The monoisotopic (exact) mass is 323 g/mol. The molecular formula is C16H25NO4Si. The first-order chi connectivity index (χ1) is 10.4. The first-order valence-corrected chi connectivity index (χ1v) is 10.3. The standard InChI is InChI=1S/C16H25NO4Si/c1-4-22(5-2,12(3)7-6-10-17)21-15-9-8-14(18)13(15)11-16(19)20/h12H,4-9,11H2,1-3H3,(H,19,20). The van der Waals surface area contributed by atoms with Crippen molar-refractivity contribution < 1.29 is 19.1 Å². The van der Waals surface area contributed by atoms with Gasteiger partial charge in [-0.3, -0.25) is 9.59 Å². The molecule has 122 valence electrons. The van der Waals surface area contributed by atoms with Crippen LogP contribution in [0.1, 0.15) is 52.9 Å². The number of aliphatic carboxylic acids is 1. The van der Waals surface area contributed by atoms with Crippen LogP contribution in [0.5, 0.6) is 0 Å². The molecule has 0 saturated carbocycles. The van der Waals surface area contributed by atoms with Crippen molar-refractivity contribution in [2.45, 2.75) is 70.5 Å². The van der Waals surface area contributed by atoms with Crippen molar-refractivity contribution in [2.24, 2.45) is 0 Å². The number of carboxylic acids is 1. The number of hydrogen-bond donors (Lipinski definition) is 1. The van der Waals surface area contributed by atoms with Gasteiger partial charge in [0, 0.05) is 24.8 Å². The number of hydrogen-bond acceptors (Lipinski definition) is 4. The van der Waals surface area contributed by atoms with E-state index >= 15 is 0 Å². The molecule has 0 bridgehead atoms. The quantitative estimate of drug-likeness (QED) is 0.652. The zero-order valence-corrected chi connectivity index (χ0v) is 14.6. The van der Waals surface area contributed by atoms with Gasteiger partial charge in [-0.1, -0.05) is 20.8 Å². The number of allylic oxidation sites excluding steroid dienone is 1. The molecule has 0 aromatic carbocycles. The van der Waals surface area contributed by atoms with Gasteiger partial charge in [-0.25, -0.2) is 0 Å². The smallest absolute Gasteiger partial charge is 0.308 e. The molecule has 0 fully saturated rings. The van der Waals surface area contributed by atoms with Crippen LogP contribution in [0.15, 0.2) is 11.3 Å². The van der Waals surface area contributed by atoms with E-state index in [1.807, 2.05) is 0 Å². The molecule has 1 aliphatic rings. The zero-order chi connectivity index (χ0) is 16.8. The molecule has 0 aliphatic heterocycles. The van der Waals surface area contributed by atoms with Crippen molar-refractivity contribution in [3.05, 3.63) is 11.3 Å². The summed E-state index contributed by atoms with van der Waals surface area (Å²) in [6.07, 6.45) is 1.90. The van der Waals surface area contributed by atoms with Crippen molar-refractivity contribution >= 4 is 20.1 Å². The summed E-state index contributed by atoms with van der Waals surface area (Å²) in [5.41, 5.74) is 0.648. The molecule has 0 spiro atoms. The number of rotatable bonds is 9. The van der Waals surface area contributed by atoms with Crippen LogP contribution >= 0.6 is 0 Å². The summed E-state index contributed by atoms with van der Waals surface area (Å²) in [7, 11) is -2.13. The van der Waals surface area contributed by atoms with Crippen LogP contribution in [0.4, 0.5) is 0 Å². The van der Waals surface area contributed by atoms with Crippen molar-refractivity contribution in [2.75, 3.05) is 0 Å². The maximum absolute atomic E-state index is 11.9. The normalized spacial score (nSPS) is 16.5. The molecule has 1 rings (SSSR count). The van der Waals surface area contributed by atoms with E-state index in [1.54, 1.807) is 0 Å². The molecule has 22 heavy (non-hydrogen) atoms. The predicted octanol–water partition coefficient (Wildman–Crippen LogP) is 3.77. The van der Waals surface area contributed by atoms with Crippen LogP contribution < -0.4 is 0 Å². The maximum atomic E-state index is 11.9. The summed E-state index contributed by atoms with van der Waals surface area (Å²) in [4.78, 5) is 22.9. The fourth-order valence-corrected chi connectivity index (χ4v) is 6.90. The van der Waals surface area contributed by atoms with Crippen LogP contribution in [0, 0.1) is 11.3 Å². The summed E-state index contributed by atoms with van der Waals surface area (Å²) in [5.74, 6) is -0.493. The summed E-state index contributed by atoms with van der Waals surface area (Å²) in [6.45, 7) is 6.30. The highest BCUT2D eigenvalue weighted by Crippen LogP contribution is 2.39. The van der Waals surface area contributed by atoms with Gasteiger partial charge in [-0.15, -0.1) is 0 Å². The Bertz CT molecular complexity index is 503. The predicted molar refractivity (Wildman–Crippen MR) is 85.6 cm³/mol. The number of Topliss-reactive ketones (excluding diaryl/α,β-unsaturated/α-hetero) is 1. The minimum absolute atomic E-state index is 0.0998. The van der Waals surface area contributed by atoms with E-state index in [0.29, 0.717) is 36.1 Å². The summed E-state index contributed by atoms with van der Waals surface area (Å²) < 4.78 is 6.37. The van der Waals surface area contributed by atoms with Gasteiger partial charge in [-0.05, 0) is 24.1 Å². The second-order valence-corrected chi connectivity index (χ2v) is 10.6. The van der Waals surface area contributed by atoms with Crippen molar-refractivity contribution in [3.63, 3.8) is 0 Å². The fraction of sp³-hybridized carbons (Fsp3) is 0.688. The molecule has 0 amide bonds. The number of carbonyl (C=O) groups is 2. The van der Waals surface area contributed by atoms with E-state index in [2.05, 4.69) is 26.8 Å². The molecule has 1 unspecified atom stereocenters. The topological polar surface area (TPSA) is 87.4 Å². The fourth-order valence-electron chi connectivity index (χ4n) is 3.13. The second kappa shape index (κ2) is 8.13. The molecule has 0 aromatic rings. The Labute approximate surface area is 133 Å². The van der Waals surface area contributed by atoms with E-state index in [0.717, 1.165) is 18.5 Å². The zero-order valence-electron chi connectivity index (χ0n) is 13.6. The molecular weight excluding hydrogens is 298 g/mol.